The third-order valence-corrected chi connectivity index (χ3v) is 4.03. The summed E-state index contributed by atoms with van der Waals surface area (Å²) in [4.78, 5) is 10.8. The normalized spacial score (nSPS) is 15.4. The van der Waals surface area contributed by atoms with E-state index in [1.807, 2.05) is 0 Å². The number of carbonyl (C=O) groups is 1. The predicted octanol–water partition coefficient (Wildman–Crippen LogP) is 4.16. The highest BCUT2D eigenvalue weighted by Gasteiger charge is 2.30. The number of carbonyl (C=O) groups excluding carboxylic acids is 1. The Bertz CT molecular complexity index is 397. The van der Waals surface area contributed by atoms with Crippen LogP contribution in [0.25, 0.3) is 0 Å². The average molecular weight is 309 g/mol. The highest BCUT2D eigenvalue weighted by molar-refractivity contribution is 9.10. The van der Waals surface area contributed by atoms with Crippen molar-refractivity contribution in [1.82, 2.24) is 0 Å². The molecule has 2 unspecified atom stereocenters. The lowest BCUT2D eigenvalue weighted by molar-refractivity contribution is -0.137. The molecule has 1 aromatic rings. The van der Waals surface area contributed by atoms with Crippen molar-refractivity contribution in [2.24, 2.45) is 0 Å². The van der Waals surface area contributed by atoms with E-state index in [0.717, 1.165) is 12.1 Å². The maximum Gasteiger partial charge on any atom is 0.416 e. The van der Waals surface area contributed by atoms with Gasteiger partial charge in [0.05, 0.1) is 10.4 Å². The van der Waals surface area contributed by atoms with Crippen molar-refractivity contribution in [3.63, 3.8) is 0 Å². The lowest BCUT2D eigenvalue weighted by atomic mass is 9.95. The van der Waals surface area contributed by atoms with Gasteiger partial charge in [0.1, 0.15) is 5.78 Å². The van der Waals surface area contributed by atoms with Crippen LogP contribution < -0.4 is 0 Å². The van der Waals surface area contributed by atoms with E-state index in [0.29, 0.717) is 5.56 Å². The van der Waals surface area contributed by atoms with Crippen LogP contribution in [-0.4, -0.2) is 10.6 Å². The summed E-state index contributed by atoms with van der Waals surface area (Å²) < 4.78 is 37.0. The van der Waals surface area contributed by atoms with E-state index in [2.05, 4.69) is 15.9 Å². The summed E-state index contributed by atoms with van der Waals surface area (Å²) in [6.45, 7) is 3.24. The molecule has 1 rings (SSSR count). The standard InChI is InChI=1S/C12H12BrF3O/c1-7(11(13)8(2)17)9-3-5-10(6-4-9)12(14,15)16/h3-7,11H,1-2H3. The Morgan fingerprint density at radius 1 is 1.24 bits per heavy atom. The number of ketones is 1. The first-order valence-corrected chi connectivity index (χ1v) is 5.96. The van der Waals surface area contributed by atoms with Crippen LogP contribution in [0.4, 0.5) is 13.2 Å². The average Bonchev–Trinajstić information content (AvgIpc) is 2.26. The first-order valence-electron chi connectivity index (χ1n) is 5.05. The Hall–Kier alpha value is -0.840. The van der Waals surface area contributed by atoms with Crippen molar-refractivity contribution >= 4 is 21.7 Å². The fourth-order valence-electron chi connectivity index (χ4n) is 1.50. The molecule has 17 heavy (non-hydrogen) atoms. The summed E-state index contributed by atoms with van der Waals surface area (Å²) in [6.07, 6.45) is -4.32. The smallest absolute Gasteiger partial charge is 0.299 e. The van der Waals surface area contributed by atoms with Gasteiger partial charge < -0.3 is 0 Å². The van der Waals surface area contributed by atoms with Crippen LogP contribution in [0.1, 0.15) is 30.9 Å². The summed E-state index contributed by atoms with van der Waals surface area (Å²) >= 11 is 3.23. The van der Waals surface area contributed by atoms with Gasteiger partial charge in [0.15, 0.2) is 0 Å². The van der Waals surface area contributed by atoms with Crippen LogP contribution in [0.5, 0.6) is 0 Å². The van der Waals surface area contributed by atoms with Gasteiger partial charge in [0, 0.05) is 5.92 Å². The number of hydrogen-bond donors (Lipinski definition) is 0. The molecule has 0 heterocycles. The molecular formula is C12H12BrF3O. The Balaban J connectivity index is 2.92. The number of Topliss-reactive ketones (excluding diaryl/α,β-unsaturated/α-hetero) is 1. The maximum absolute atomic E-state index is 12.3. The molecule has 0 aliphatic rings. The highest BCUT2D eigenvalue weighted by atomic mass is 79.9. The molecule has 5 heteroatoms. The number of halogens is 4. The van der Waals surface area contributed by atoms with Crippen molar-refractivity contribution < 1.29 is 18.0 Å². The monoisotopic (exact) mass is 308 g/mol. The molecule has 0 N–H and O–H groups in total. The number of alkyl halides is 4. The molecule has 1 aromatic carbocycles. The third-order valence-electron chi connectivity index (χ3n) is 2.59. The fraction of sp³-hybridized carbons (Fsp3) is 0.417. The second-order valence-corrected chi connectivity index (χ2v) is 4.91. The minimum absolute atomic E-state index is 0.0441. The largest absolute Gasteiger partial charge is 0.416 e. The molecule has 0 amide bonds. The molecular weight excluding hydrogens is 297 g/mol. The Labute approximate surface area is 106 Å². The molecule has 0 fully saturated rings. The molecule has 0 bridgehead atoms. The fourth-order valence-corrected chi connectivity index (χ4v) is 1.80. The SMILES string of the molecule is CC(=O)C(Br)C(C)c1ccc(C(F)(F)F)cc1. The van der Waals surface area contributed by atoms with Crippen LogP contribution in [0.15, 0.2) is 24.3 Å². The van der Waals surface area contributed by atoms with Gasteiger partial charge in [-0.3, -0.25) is 4.79 Å². The van der Waals surface area contributed by atoms with Crippen molar-refractivity contribution in [2.45, 2.75) is 30.8 Å². The molecule has 0 saturated heterocycles. The van der Waals surface area contributed by atoms with Gasteiger partial charge in [-0.1, -0.05) is 35.0 Å². The molecule has 94 valence electrons. The second kappa shape index (κ2) is 5.21. The van der Waals surface area contributed by atoms with Gasteiger partial charge in [0.2, 0.25) is 0 Å². The Morgan fingerprint density at radius 2 is 1.71 bits per heavy atom. The van der Waals surface area contributed by atoms with E-state index in [1.165, 1.54) is 19.1 Å². The molecule has 1 nitrogen and oxygen atoms in total. The lowest BCUT2D eigenvalue weighted by Gasteiger charge is -2.17. The summed E-state index contributed by atoms with van der Waals surface area (Å²) in [7, 11) is 0. The highest BCUT2D eigenvalue weighted by Crippen LogP contribution is 2.31. The second-order valence-electron chi connectivity index (χ2n) is 3.92. The maximum atomic E-state index is 12.3. The third kappa shape index (κ3) is 3.56. The molecule has 0 aromatic heterocycles. The van der Waals surface area contributed by atoms with Crippen LogP contribution >= 0.6 is 15.9 Å². The van der Waals surface area contributed by atoms with Gasteiger partial charge >= 0.3 is 6.18 Å². The van der Waals surface area contributed by atoms with Crippen LogP contribution in [0.2, 0.25) is 0 Å². The lowest BCUT2D eigenvalue weighted by Crippen LogP contribution is -2.17. The van der Waals surface area contributed by atoms with E-state index in [4.69, 9.17) is 0 Å². The van der Waals surface area contributed by atoms with Crippen molar-refractivity contribution in [2.75, 3.05) is 0 Å². The molecule has 0 spiro atoms. The van der Waals surface area contributed by atoms with E-state index >= 15 is 0 Å². The number of hydrogen-bond acceptors (Lipinski definition) is 1. The summed E-state index contributed by atoms with van der Waals surface area (Å²) in [5.41, 5.74) is 0.0254. The molecule has 0 saturated carbocycles. The Kier molecular flexibility index (Phi) is 4.36. The summed E-state index contributed by atoms with van der Waals surface area (Å²) in [6, 6.07) is 4.88. The number of benzene rings is 1. The predicted molar refractivity (Wildman–Crippen MR) is 63.3 cm³/mol. The van der Waals surface area contributed by atoms with Crippen LogP contribution in [0.3, 0.4) is 0 Å². The van der Waals surface area contributed by atoms with E-state index in [-0.39, 0.29) is 16.5 Å². The van der Waals surface area contributed by atoms with Crippen molar-refractivity contribution in [3.05, 3.63) is 35.4 Å². The zero-order valence-corrected chi connectivity index (χ0v) is 11.0. The topological polar surface area (TPSA) is 17.1 Å². The zero-order valence-electron chi connectivity index (χ0n) is 9.38. The van der Waals surface area contributed by atoms with Gasteiger partial charge in [-0.25, -0.2) is 0 Å². The van der Waals surface area contributed by atoms with Crippen LogP contribution in [0, 0.1) is 0 Å². The summed E-state index contributed by atoms with van der Waals surface area (Å²) in [5.74, 6) is -0.202. The van der Waals surface area contributed by atoms with Gasteiger partial charge in [-0.2, -0.15) is 13.2 Å². The van der Waals surface area contributed by atoms with E-state index in [1.54, 1.807) is 6.92 Å². The van der Waals surface area contributed by atoms with Gasteiger partial charge in [0.25, 0.3) is 0 Å². The van der Waals surface area contributed by atoms with Gasteiger partial charge in [-0.15, -0.1) is 0 Å². The van der Waals surface area contributed by atoms with Gasteiger partial charge in [-0.05, 0) is 24.6 Å². The minimum atomic E-state index is -4.32. The number of rotatable bonds is 3. The molecule has 0 aliphatic carbocycles. The van der Waals surface area contributed by atoms with E-state index in [9.17, 15) is 18.0 Å². The van der Waals surface area contributed by atoms with Crippen molar-refractivity contribution in [1.29, 1.82) is 0 Å². The summed E-state index contributed by atoms with van der Waals surface area (Å²) in [5, 5.41) is 0. The molecule has 0 aliphatic heterocycles. The van der Waals surface area contributed by atoms with E-state index < -0.39 is 11.7 Å². The quantitative estimate of drug-likeness (QED) is 0.766. The zero-order chi connectivity index (χ0) is 13.2. The minimum Gasteiger partial charge on any atom is -0.299 e. The van der Waals surface area contributed by atoms with Crippen molar-refractivity contribution in [3.8, 4) is 0 Å². The first-order chi connectivity index (χ1) is 7.73. The molecule has 0 radical (unpaired) electrons. The Morgan fingerprint density at radius 3 is 2.06 bits per heavy atom. The van der Waals surface area contributed by atoms with Crippen LogP contribution in [-0.2, 0) is 11.0 Å². The molecule has 2 atom stereocenters. The first kappa shape index (κ1) is 14.2.